The molecule has 0 bridgehead atoms. The second-order valence-electron chi connectivity index (χ2n) is 6.86. The monoisotopic (exact) mass is 408 g/mol. The smallest absolute Gasteiger partial charge is 0.277 e. The predicted octanol–water partition coefficient (Wildman–Crippen LogP) is 4.36. The molecule has 0 aliphatic carbocycles. The Bertz CT molecular complexity index is 1250. The van der Waals surface area contributed by atoms with E-state index in [2.05, 4.69) is 16.6 Å². The number of rotatable bonds is 7. The SMILES string of the molecule is N#CCn1cc(/C=N/NC(=O)COc2ccc(-c3ccccc3)cc2)c2ccccc21. The van der Waals surface area contributed by atoms with Gasteiger partial charge in [-0.15, -0.1) is 0 Å². The molecule has 1 aromatic heterocycles. The lowest BCUT2D eigenvalue weighted by Gasteiger charge is -2.06. The number of carbonyl (C=O) groups is 1. The van der Waals surface area contributed by atoms with Gasteiger partial charge in [0.25, 0.3) is 5.91 Å². The molecule has 1 amide bonds. The number of hydrazone groups is 1. The van der Waals surface area contributed by atoms with Crippen LogP contribution < -0.4 is 10.2 Å². The number of nitrogens with zero attached hydrogens (tertiary/aromatic N) is 3. The van der Waals surface area contributed by atoms with Gasteiger partial charge in [0.05, 0.1) is 12.3 Å². The van der Waals surface area contributed by atoms with E-state index in [-0.39, 0.29) is 19.1 Å². The third-order valence-electron chi connectivity index (χ3n) is 4.78. The van der Waals surface area contributed by atoms with E-state index in [4.69, 9.17) is 10.00 Å². The van der Waals surface area contributed by atoms with Crippen LogP contribution in [0.1, 0.15) is 5.56 Å². The van der Waals surface area contributed by atoms with Crippen molar-refractivity contribution in [3.8, 4) is 22.9 Å². The van der Waals surface area contributed by atoms with Crippen molar-refractivity contribution >= 4 is 23.0 Å². The van der Waals surface area contributed by atoms with Gasteiger partial charge < -0.3 is 9.30 Å². The number of aromatic nitrogens is 1. The summed E-state index contributed by atoms with van der Waals surface area (Å²) in [5.41, 5.74) is 6.45. The fraction of sp³-hybridized carbons (Fsp3) is 0.0800. The number of nitrogens with one attached hydrogen (secondary N) is 1. The molecule has 0 saturated carbocycles. The number of hydrogen-bond acceptors (Lipinski definition) is 4. The summed E-state index contributed by atoms with van der Waals surface area (Å²) in [5, 5.41) is 14.0. The van der Waals surface area contributed by atoms with E-state index in [1.54, 1.807) is 6.21 Å². The predicted molar refractivity (Wildman–Crippen MR) is 121 cm³/mol. The number of nitriles is 1. The molecule has 0 aliphatic rings. The Morgan fingerprint density at radius 1 is 1.00 bits per heavy atom. The highest BCUT2D eigenvalue weighted by atomic mass is 16.5. The number of benzene rings is 3. The Balaban J connectivity index is 1.33. The number of carbonyl (C=O) groups excluding carboxylic acids is 1. The minimum Gasteiger partial charge on any atom is -0.484 e. The molecule has 0 aliphatic heterocycles. The zero-order chi connectivity index (χ0) is 21.5. The highest BCUT2D eigenvalue weighted by Crippen LogP contribution is 2.22. The van der Waals surface area contributed by atoms with Crippen molar-refractivity contribution in [2.45, 2.75) is 6.54 Å². The van der Waals surface area contributed by atoms with E-state index in [1.165, 1.54) is 0 Å². The first-order chi connectivity index (χ1) is 15.2. The summed E-state index contributed by atoms with van der Waals surface area (Å²) in [6.45, 7) is 0.107. The summed E-state index contributed by atoms with van der Waals surface area (Å²) in [6.07, 6.45) is 3.41. The number of para-hydroxylation sites is 1. The van der Waals surface area contributed by atoms with E-state index < -0.39 is 0 Å². The molecule has 0 fully saturated rings. The molecule has 152 valence electrons. The first kappa shape index (κ1) is 19.9. The van der Waals surface area contributed by atoms with Gasteiger partial charge in [-0.1, -0.05) is 60.7 Å². The van der Waals surface area contributed by atoms with Crippen LogP contribution in [0.25, 0.3) is 22.0 Å². The summed E-state index contributed by atoms with van der Waals surface area (Å²) in [7, 11) is 0. The molecule has 0 radical (unpaired) electrons. The molecule has 6 nitrogen and oxygen atoms in total. The van der Waals surface area contributed by atoms with Crippen molar-refractivity contribution < 1.29 is 9.53 Å². The minimum absolute atomic E-state index is 0.141. The van der Waals surface area contributed by atoms with Crippen LogP contribution in [0, 0.1) is 11.3 Å². The first-order valence-corrected chi connectivity index (χ1v) is 9.79. The van der Waals surface area contributed by atoms with E-state index in [0.717, 1.165) is 27.6 Å². The van der Waals surface area contributed by atoms with Gasteiger partial charge in [0, 0.05) is 22.7 Å². The summed E-state index contributed by atoms with van der Waals surface area (Å²) < 4.78 is 7.39. The Morgan fingerprint density at radius 2 is 1.71 bits per heavy atom. The molecule has 4 rings (SSSR count). The van der Waals surface area contributed by atoms with Gasteiger partial charge >= 0.3 is 0 Å². The number of fused-ring (bicyclic) bond motifs is 1. The molecule has 4 aromatic rings. The van der Waals surface area contributed by atoms with Crippen LogP contribution in [-0.4, -0.2) is 23.3 Å². The highest BCUT2D eigenvalue weighted by Gasteiger charge is 2.07. The van der Waals surface area contributed by atoms with Crippen molar-refractivity contribution in [3.05, 3.63) is 90.6 Å². The minimum atomic E-state index is -0.357. The van der Waals surface area contributed by atoms with Crippen molar-refractivity contribution in [3.63, 3.8) is 0 Å². The van der Waals surface area contributed by atoms with Crippen LogP contribution in [0.2, 0.25) is 0 Å². The molecule has 0 saturated heterocycles. The van der Waals surface area contributed by atoms with E-state index in [9.17, 15) is 4.79 Å². The molecule has 6 heteroatoms. The molecular formula is C25H20N4O2. The highest BCUT2D eigenvalue weighted by molar-refractivity contribution is 5.99. The van der Waals surface area contributed by atoms with Crippen molar-refractivity contribution in [2.24, 2.45) is 5.10 Å². The summed E-state index contributed by atoms with van der Waals surface area (Å²) in [4.78, 5) is 12.1. The maximum Gasteiger partial charge on any atom is 0.277 e. The zero-order valence-electron chi connectivity index (χ0n) is 16.7. The summed E-state index contributed by atoms with van der Waals surface area (Å²) in [6, 6.07) is 27.5. The molecule has 0 unspecified atom stereocenters. The summed E-state index contributed by atoms with van der Waals surface area (Å²) in [5.74, 6) is 0.252. The van der Waals surface area contributed by atoms with Crippen molar-refractivity contribution in [2.75, 3.05) is 6.61 Å². The first-order valence-electron chi connectivity index (χ1n) is 9.79. The molecule has 1 N–H and O–H groups in total. The Kier molecular flexibility index (Phi) is 6.05. The number of amides is 1. The fourth-order valence-electron chi connectivity index (χ4n) is 3.31. The second-order valence-corrected chi connectivity index (χ2v) is 6.86. The van der Waals surface area contributed by atoms with E-state index >= 15 is 0 Å². The van der Waals surface area contributed by atoms with Crippen LogP contribution in [0.15, 0.2) is 90.2 Å². The largest absolute Gasteiger partial charge is 0.484 e. The van der Waals surface area contributed by atoms with Gasteiger partial charge in [0.1, 0.15) is 12.3 Å². The zero-order valence-corrected chi connectivity index (χ0v) is 16.7. The molecule has 3 aromatic carbocycles. The second kappa shape index (κ2) is 9.42. The van der Waals surface area contributed by atoms with Crippen LogP contribution in [0.4, 0.5) is 0 Å². The summed E-state index contributed by atoms with van der Waals surface area (Å²) >= 11 is 0. The van der Waals surface area contributed by atoms with E-state index in [0.29, 0.717) is 5.75 Å². The average Bonchev–Trinajstić information content (AvgIpc) is 3.16. The molecule has 31 heavy (non-hydrogen) atoms. The van der Waals surface area contributed by atoms with Gasteiger partial charge in [-0.2, -0.15) is 10.4 Å². The third-order valence-corrected chi connectivity index (χ3v) is 4.78. The van der Waals surface area contributed by atoms with Gasteiger partial charge in [0.2, 0.25) is 0 Å². The number of ether oxygens (including phenoxy) is 1. The fourth-order valence-corrected chi connectivity index (χ4v) is 3.31. The molecule has 1 heterocycles. The normalized spacial score (nSPS) is 10.8. The van der Waals surface area contributed by atoms with Gasteiger partial charge in [-0.05, 0) is 29.3 Å². The quantitative estimate of drug-likeness (QED) is 0.364. The Morgan fingerprint density at radius 3 is 2.48 bits per heavy atom. The van der Waals surface area contributed by atoms with Crippen LogP contribution in [0.5, 0.6) is 5.75 Å². The van der Waals surface area contributed by atoms with Crippen LogP contribution in [0.3, 0.4) is 0 Å². The average molecular weight is 408 g/mol. The lowest BCUT2D eigenvalue weighted by Crippen LogP contribution is -2.24. The topological polar surface area (TPSA) is 79.4 Å². The van der Waals surface area contributed by atoms with Crippen LogP contribution >= 0.6 is 0 Å². The molecule has 0 atom stereocenters. The Labute approximate surface area is 180 Å². The van der Waals surface area contributed by atoms with E-state index in [1.807, 2.05) is 89.6 Å². The lowest BCUT2D eigenvalue weighted by atomic mass is 10.1. The van der Waals surface area contributed by atoms with Crippen molar-refractivity contribution in [1.82, 2.24) is 9.99 Å². The number of hydrogen-bond donors (Lipinski definition) is 1. The van der Waals surface area contributed by atoms with Gasteiger partial charge in [-0.25, -0.2) is 5.43 Å². The standard InChI is InChI=1S/C25H20N4O2/c26-14-15-29-17-21(23-8-4-5-9-24(23)29)16-27-28-25(30)18-31-22-12-10-20(11-13-22)19-6-2-1-3-7-19/h1-13,16-17H,15,18H2,(H,28,30)/b27-16+. The van der Waals surface area contributed by atoms with Crippen LogP contribution in [-0.2, 0) is 11.3 Å². The van der Waals surface area contributed by atoms with Crippen molar-refractivity contribution in [1.29, 1.82) is 5.26 Å². The van der Waals surface area contributed by atoms with Gasteiger partial charge in [0.15, 0.2) is 6.61 Å². The maximum atomic E-state index is 12.1. The maximum absolute atomic E-state index is 12.1. The molecular weight excluding hydrogens is 388 g/mol. The third kappa shape index (κ3) is 4.80. The Hall–Kier alpha value is -4.37. The lowest BCUT2D eigenvalue weighted by molar-refractivity contribution is -0.123. The van der Waals surface area contributed by atoms with Gasteiger partial charge in [-0.3, -0.25) is 4.79 Å². The molecule has 0 spiro atoms.